The zero-order chi connectivity index (χ0) is 21.1. The first-order chi connectivity index (χ1) is 13.8. The molecule has 0 spiro atoms. The van der Waals surface area contributed by atoms with Gasteiger partial charge in [0.15, 0.2) is 6.10 Å². The molecular weight excluding hydrogens is 506 g/mol. The monoisotopic (exact) mass is 519 g/mol. The maximum atomic E-state index is 12.9. The van der Waals surface area contributed by atoms with Crippen molar-refractivity contribution in [3.63, 3.8) is 0 Å². The van der Waals surface area contributed by atoms with Crippen molar-refractivity contribution in [3.05, 3.63) is 63.0 Å². The number of halogens is 2. The lowest BCUT2D eigenvalue weighted by Crippen LogP contribution is -2.42. The topological polar surface area (TPSA) is 111 Å². The summed E-state index contributed by atoms with van der Waals surface area (Å²) < 4.78 is 6.68. The smallest absolute Gasteiger partial charge is 0.339 e. The van der Waals surface area contributed by atoms with Gasteiger partial charge in [0.1, 0.15) is 0 Å². The molecule has 3 aromatic rings. The SMILES string of the molecule is CC(OC(=O)c1cc(-c2ccccc2)nc2c(Br)cc(Br)cc12)C(=O)NC(N)=O. The summed E-state index contributed by atoms with van der Waals surface area (Å²) in [4.78, 5) is 40.3. The Morgan fingerprint density at radius 1 is 1.10 bits per heavy atom. The lowest BCUT2D eigenvalue weighted by atomic mass is 10.0. The van der Waals surface area contributed by atoms with Crippen LogP contribution in [0.4, 0.5) is 4.79 Å². The highest BCUT2D eigenvalue weighted by atomic mass is 79.9. The second kappa shape index (κ2) is 8.71. The third-order valence-corrected chi connectivity index (χ3v) is 5.08. The van der Waals surface area contributed by atoms with Gasteiger partial charge in [-0.3, -0.25) is 10.1 Å². The van der Waals surface area contributed by atoms with E-state index < -0.39 is 24.0 Å². The molecule has 1 aromatic heterocycles. The van der Waals surface area contributed by atoms with E-state index in [1.165, 1.54) is 6.92 Å². The molecule has 3 amide bonds. The Bertz CT molecular complexity index is 1120. The maximum absolute atomic E-state index is 12.9. The number of ether oxygens (including phenoxy) is 1. The summed E-state index contributed by atoms with van der Waals surface area (Å²) in [5.74, 6) is -1.54. The number of nitrogens with one attached hydrogen (secondary N) is 1. The first-order valence-corrected chi connectivity index (χ1v) is 10.0. The number of carbonyl (C=O) groups excluding carboxylic acids is 3. The highest BCUT2D eigenvalue weighted by Gasteiger charge is 2.23. The van der Waals surface area contributed by atoms with Gasteiger partial charge in [-0.15, -0.1) is 0 Å². The van der Waals surface area contributed by atoms with E-state index in [0.717, 1.165) is 10.0 Å². The summed E-state index contributed by atoms with van der Waals surface area (Å²) in [5, 5.41) is 2.43. The number of primary amides is 1. The quantitative estimate of drug-likeness (QED) is 0.501. The van der Waals surface area contributed by atoms with E-state index >= 15 is 0 Å². The summed E-state index contributed by atoms with van der Waals surface area (Å²) in [7, 11) is 0. The van der Waals surface area contributed by atoms with Crippen molar-refractivity contribution < 1.29 is 19.1 Å². The molecular formula is C20H15Br2N3O4. The Labute approximate surface area is 182 Å². The van der Waals surface area contributed by atoms with Gasteiger partial charge in [0, 0.05) is 19.9 Å². The summed E-state index contributed by atoms with van der Waals surface area (Å²) in [6.45, 7) is 1.35. The van der Waals surface area contributed by atoms with E-state index in [4.69, 9.17) is 10.5 Å². The van der Waals surface area contributed by atoms with Crippen molar-refractivity contribution in [1.82, 2.24) is 10.3 Å². The van der Waals surface area contributed by atoms with E-state index in [1.54, 1.807) is 12.1 Å². The van der Waals surface area contributed by atoms with Crippen molar-refractivity contribution in [1.29, 1.82) is 0 Å². The zero-order valence-corrected chi connectivity index (χ0v) is 18.3. The van der Waals surface area contributed by atoms with Gasteiger partial charge in [-0.25, -0.2) is 14.6 Å². The van der Waals surface area contributed by atoms with Crippen molar-refractivity contribution in [2.45, 2.75) is 13.0 Å². The Kier molecular flexibility index (Phi) is 6.29. The largest absolute Gasteiger partial charge is 0.449 e. The molecule has 0 aliphatic rings. The molecule has 0 radical (unpaired) electrons. The number of hydrogen-bond donors (Lipinski definition) is 2. The van der Waals surface area contributed by atoms with Crippen LogP contribution in [-0.4, -0.2) is 29.0 Å². The zero-order valence-electron chi connectivity index (χ0n) is 15.1. The molecule has 0 fully saturated rings. The molecule has 0 aliphatic carbocycles. The molecule has 1 unspecified atom stereocenters. The summed E-state index contributed by atoms with van der Waals surface area (Å²) in [6, 6.07) is 13.5. The lowest BCUT2D eigenvalue weighted by Gasteiger charge is -2.15. The number of pyridine rings is 1. The number of nitrogens with two attached hydrogens (primary N) is 1. The van der Waals surface area contributed by atoms with Gasteiger partial charge in [-0.2, -0.15) is 0 Å². The number of fused-ring (bicyclic) bond motifs is 1. The first-order valence-electron chi connectivity index (χ1n) is 8.42. The van der Waals surface area contributed by atoms with Crippen LogP contribution in [0.15, 0.2) is 57.5 Å². The molecule has 148 valence electrons. The highest BCUT2D eigenvalue weighted by molar-refractivity contribution is 9.11. The molecule has 3 rings (SSSR count). The molecule has 29 heavy (non-hydrogen) atoms. The Balaban J connectivity index is 2.08. The second-order valence-corrected chi connectivity index (χ2v) is 7.88. The minimum absolute atomic E-state index is 0.231. The standard InChI is InChI=1S/C20H15Br2N3O4/c1-10(18(26)25-20(23)28)29-19(27)14-9-16(11-5-3-2-4-6-11)24-17-13(14)7-12(21)8-15(17)22/h2-10H,1H3,(H3,23,25,26,28). The van der Waals surface area contributed by atoms with E-state index in [2.05, 4.69) is 36.8 Å². The average Bonchev–Trinajstić information content (AvgIpc) is 2.67. The van der Waals surface area contributed by atoms with Crippen LogP contribution < -0.4 is 11.1 Å². The van der Waals surface area contributed by atoms with Crippen LogP contribution in [0.5, 0.6) is 0 Å². The fraction of sp³-hybridized carbons (Fsp3) is 0.100. The van der Waals surface area contributed by atoms with Crippen LogP contribution in [-0.2, 0) is 9.53 Å². The van der Waals surface area contributed by atoms with Crippen LogP contribution in [0.3, 0.4) is 0 Å². The van der Waals surface area contributed by atoms with Crippen LogP contribution >= 0.6 is 31.9 Å². The van der Waals surface area contributed by atoms with Gasteiger partial charge < -0.3 is 10.5 Å². The molecule has 3 N–H and O–H groups in total. The van der Waals surface area contributed by atoms with E-state index in [0.29, 0.717) is 21.1 Å². The highest BCUT2D eigenvalue weighted by Crippen LogP contribution is 2.32. The normalized spacial score (nSPS) is 11.7. The average molecular weight is 521 g/mol. The predicted octanol–water partition coefficient (Wildman–Crippen LogP) is 4.17. The molecule has 1 heterocycles. The Morgan fingerprint density at radius 3 is 2.45 bits per heavy atom. The van der Waals surface area contributed by atoms with Crippen LogP contribution in [0.2, 0.25) is 0 Å². The van der Waals surface area contributed by atoms with Crippen LogP contribution in [0.1, 0.15) is 17.3 Å². The van der Waals surface area contributed by atoms with Crippen molar-refractivity contribution in [2.75, 3.05) is 0 Å². The van der Waals surface area contributed by atoms with Gasteiger partial charge >= 0.3 is 12.0 Å². The van der Waals surface area contributed by atoms with Crippen LogP contribution in [0, 0.1) is 0 Å². The third-order valence-electron chi connectivity index (χ3n) is 4.02. The second-order valence-electron chi connectivity index (χ2n) is 6.11. The number of hydrogen-bond acceptors (Lipinski definition) is 5. The number of rotatable bonds is 4. The van der Waals surface area contributed by atoms with E-state index in [-0.39, 0.29) is 5.56 Å². The van der Waals surface area contributed by atoms with Gasteiger partial charge in [-0.1, -0.05) is 46.3 Å². The molecule has 7 nitrogen and oxygen atoms in total. The van der Waals surface area contributed by atoms with Gasteiger partial charge in [0.05, 0.1) is 16.8 Å². The lowest BCUT2D eigenvalue weighted by molar-refractivity contribution is -0.127. The number of nitrogens with zero attached hydrogens (tertiary/aromatic N) is 1. The fourth-order valence-electron chi connectivity index (χ4n) is 2.68. The third kappa shape index (κ3) is 4.80. The molecule has 0 saturated heterocycles. The number of aromatic nitrogens is 1. The van der Waals surface area contributed by atoms with Gasteiger partial charge in [-0.05, 0) is 41.1 Å². The first kappa shape index (κ1) is 20.9. The molecule has 2 aromatic carbocycles. The minimum Gasteiger partial charge on any atom is -0.449 e. The molecule has 1 atom stereocenters. The number of amides is 3. The molecule has 0 bridgehead atoms. The number of carbonyl (C=O) groups is 3. The Hall–Kier alpha value is -2.78. The van der Waals surface area contributed by atoms with Gasteiger partial charge in [0.2, 0.25) is 0 Å². The van der Waals surface area contributed by atoms with Crippen molar-refractivity contribution in [2.24, 2.45) is 5.73 Å². The number of urea groups is 1. The molecule has 9 heteroatoms. The summed E-state index contributed by atoms with van der Waals surface area (Å²) in [5.41, 5.74) is 7.12. The molecule has 0 aliphatic heterocycles. The number of imide groups is 1. The maximum Gasteiger partial charge on any atom is 0.339 e. The van der Waals surface area contributed by atoms with Gasteiger partial charge in [0.25, 0.3) is 5.91 Å². The number of esters is 1. The van der Waals surface area contributed by atoms with Crippen LogP contribution in [0.25, 0.3) is 22.2 Å². The van der Waals surface area contributed by atoms with Crippen molar-refractivity contribution in [3.8, 4) is 11.3 Å². The minimum atomic E-state index is -1.21. The fourth-order valence-corrected chi connectivity index (χ4v) is 3.99. The summed E-state index contributed by atoms with van der Waals surface area (Å²) in [6.07, 6.45) is -1.21. The molecule has 0 saturated carbocycles. The predicted molar refractivity (Wildman–Crippen MR) is 115 cm³/mol. The van der Waals surface area contributed by atoms with E-state index in [1.807, 2.05) is 41.7 Å². The van der Waals surface area contributed by atoms with Crippen molar-refractivity contribution >= 4 is 60.7 Å². The van der Waals surface area contributed by atoms with E-state index in [9.17, 15) is 14.4 Å². The summed E-state index contributed by atoms with van der Waals surface area (Å²) >= 11 is 6.88. The number of benzene rings is 2. The Morgan fingerprint density at radius 2 is 1.79 bits per heavy atom.